The number of benzene rings is 2. The molecule has 2 amide bonds. The Hall–Kier alpha value is -1.58. The first kappa shape index (κ1) is 22.7. The Morgan fingerprint density at radius 3 is 1.14 bits per heavy atom. The first-order chi connectivity index (χ1) is 12.9. The molecule has 0 heterocycles. The van der Waals surface area contributed by atoms with Crippen molar-refractivity contribution in [2.45, 2.75) is 52.6 Å². The van der Waals surface area contributed by atoms with E-state index in [4.69, 9.17) is 0 Å². The molecule has 0 bridgehead atoms. The first-order valence-corrected chi connectivity index (χ1v) is 15.2. The summed E-state index contributed by atoms with van der Waals surface area (Å²) < 4.78 is 2.55. The van der Waals surface area contributed by atoms with Crippen LogP contribution in [0.4, 0.5) is 0 Å². The van der Waals surface area contributed by atoms with Crippen LogP contribution in [-0.2, 0) is 0 Å². The number of carbonyl (C=O) groups is 2. The molecule has 0 aliphatic rings. The van der Waals surface area contributed by atoms with Crippen LogP contribution in [0.3, 0.4) is 0 Å². The van der Waals surface area contributed by atoms with Gasteiger partial charge in [0.25, 0.3) is 0 Å². The third-order valence-electron chi connectivity index (χ3n) is 3.44. The van der Waals surface area contributed by atoms with Crippen molar-refractivity contribution in [3.63, 3.8) is 0 Å². The van der Waals surface area contributed by atoms with E-state index in [1.54, 1.807) is 0 Å². The first-order valence-electron chi connectivity index (χ1n) is 9.13. The molecule has 4 nitrogen and oxygen atoms in total. The minimum atomic E-state index is -0.237. The van der Waals surface area contributed by atoms with Crippen LogP contribution in [0.5, 0.6) is 0 Å². The number of rotatable bonds is 5. The zero-order valence-electron chi connectivity index (χ0n) is 17.3. The van der Waals surface area contributed by atoms with Crippen LogP contribution in [0.15, 0.2) is 48.5 Å². The third-order valence-corrected chi connectivity index (χ3v) is 10.7. The van der Waals surface area contributed by atoms with Crippen LogP contribution >= 0.6 is 0 Å². The minimum absolute atomic E-state index is 0.0406. The van der Waals surface area contributed by atoms with E-state index in [2.05, 4.69) is 10.6 Å². The van der Waals surface area contributed by atoms with E-state index >= 15 is 0 Å². The SMILES string of the molecule is CC(C)(C)NC(=O)c1ccc([Se][Se]c2ccc(C(=O)NC(C)(C)C)cc2)cc1. The summed E-state index contributed by atoms with van der Waals surface area (Å²) in [5.74, 6) is -0.0811. The Morgan fingerprint density at radius 2 is 0.893 bits per heavy atom. The molecule has 0 aromatic heterocycles. The van der Waals surface area contributed by atoms with E-state index in [1.165, 1.54) is 8.92 Å². The van der Waals surface area contributed by atoms with Gasteiger partial charge in [0.15, 0.2) is 0 Å². The molecule has 0 fully saturated rings. The van der Waals surface area contributed by atoms with E-state index in [9.17, 15) is 9.59 Å². The number of nitrogens with one attached hydrogen (secondary N) is 2. The average molecular weight is 510 g/mol. The van der Waals surface area contributed by atoms with E-state index in [1.807, 2.05) is 90.1 Å². The van der Waals surface area contributed by atoms with Crippen molar-refractivity contribution < 1.29 is 9.59 Å². The molecule has 28 heavy (non-hydrogen) atoms. The Morgan fingerprint density at radius 1 is 0.607 bits per heavy atom. The van der Waals surface area contributed by atoms with Crippen LogP contribution in [-0.4, -0.2) is 49.2 Å². The normalized spacial score (nSPS) is 11.8. The van der Waals surface area contributed by atoms with Crippen molar-refractivity contribution >= 4 is 47.0 Å². The number of hydrogen-bond donors (Lipinski definition) is 2. The zero-order valence-corrected chi connectivity index (χ0v) is 20.7. The fraction of sp³-hybridized carbons (Fsp3) is 0.364. The Bertz CT molecular complexity index is 746. The molecule has 0 atom stereocenters. The van der Waals surface area contributed by atoms with E-state index in [-0.39, 0.29) is 22.9 Å². The fourth-order valence-electron chi connectivity index (χ4n) is 2.25. The molecule has 0 radical (unpaired) electrons. The number of hydrogen-bond acceptors (Lipinski definition) is 2. The molecule has 6 heteroatoms. The predicted octanol–water partition coefficient (Wildman–Crippen LogP) is 2.02. The summed E-state index contributed by atoms with van der Waals surface area (Å²) in [5, 5.41) is 5.96. The van der Waals surface area contributed by atoms with E-state index in [0.717, 1.165) is 0 Å². The summed E-state index contributed by atoms with van der Waals surface area (Å²) in [6.07, 6.45) is 0. The van der Waals surface area contributed by atoms with Gasteiger partial charge >= 0.3 is 180 Å². The molecule has 0 aliphatic carbocycles. The van der Waals surface area contributed by atoms with Crippen molar-refractivity contribution in [1.82, 2.24) is 10.6 Å². The molecular formula is C22H28N2O2Se2. The monoisotopic (exact) mass is 512 g/mol. The summed E-state index contributed by atoms with van der Waals surface area (Å²) in [5.41, 5.74) is 0.907. The van der Waals surface area contributed by atoms with Gasteiger partial charge < -0.3 is 0 Å². The van der Waals surface area contributed by atoms with Gasteiger partial charge in [-0.3, -0.25) is 0 Å². The average Bonchev–Trinajstić information content (AvgIpc) is 2.58. The molecule has 2 rings (SSSR count). The van der Waals surface area contributed by atoms with Crippen LogP contribution in [0.25, 0.3) is 0 Å². The molecular weight excluding hydrogens is 482 g/mol. The van der Waals surface area contributed by atoms with Gasteiger partial charge in [0.05, 0.1) is 0 Å². The second-order valence-corrected chi connectivity index (χ2v) is 14.9. The molecule has 150 valence electrons. The molecule has 0 unspecified atom stereocenters. The van der Waals surface area contributed by atoms with Crippen molar-refractivity contribution in [3.8, 4) is 0 Å². The third kappa shape index (κ3) is 7.81. The van der Waals surface area contributed by atoms with Gasteiger partial charge in [-0.25, -0.2) is 0 Å². The molecule has 2 aromatic rings. The summed E-state index contributed by atoms with van der Waals surface area (Å²) in [6.45, 7) is 11.9. The van der Waals surface area contributed by atoms with E-state index in [0.29, 0.717) is 37.4 Å². The maximum atomic E-state index is 12.2. The van der Waals surface area contributed by atoms with Crippen molar-refractivity contribution in [3.05, 3.63) is 59.7 Å². The second kappa shape index (κ2) is 9.28. The Kier molecular flexibility index (Phi) is 7.52. The number of amides is 2. The topological polar surface area (TPSA) is 58.2 Å². The summed E-state index contributed by atoms with van der Waals surface area (Å²) in [6, 6.07) is 15.8. The quantitative estimate of drug-likeness (QED) is 0.605. The summed E-state index contributed by atoms with van der Waals surface area (Å²) in [4.78, 5) is 24.4. The summed E-state index contributed by atoms with van der Waals surface area (Å²) >= 11 is 0.669. The number of carbonyl (C=O) groups excluding carboxylic acids is 2. The predicted molar refractivity (Wildman–Crippen MR) is 118 cm³/mol. The second-order valence-electron chi connectivity index (χ2n) is 8.62. The van der Waals surface area contributed by atoms with Gasteiger partial charge in [0, 0.05) is 0 Å². The van der Waals surface area contributed by atoms with Crippen LogP contribution < -0.4 is 19.6 Å². The molecule has 0 aliphatic heterocycles. The molecule has 2 N–H and O–H groups in total. The molecule has 0 saturated heterocycles. The molecule has 0 spiro atoms. The fourth-order valence-corrected chi connectivity index (χ4v) is 8.21. The molecule has 0 saturated carbocycles. The van der Waals surface area contributed by atoms with Crippen LogP contribution in [0.2, 0.25) is 0 Å². The molecule has 2 aromatic carbocycles. The van der Waals surface area contributed by atoms with Gasteiger partial charge in [0.1, 0.15) is 0 Å². The van der Waals surface area contributed by atoms with Crippen molar-refractivity contribution in [2.24, 2.45) is 0 Å². The van der Waals surface area contributed by atoms with E-state index < -0.39 is 0 Å². The van der Waals surface area contributed by atoms with Crippen LogP contribution in [0.1, 0.15) is 62.3 Å². The maximum absolute atomic E-state index is 12.2. The van der Waals surface area contributed by atoms with Gasteiger partial charge in [-0.15, -0.1) is 0 Å². The Labute approximate surface area is 179 Å². The summed E-state index contributed by atoms with van der Waals surface area (Å²) in [7, 11) is 0. The van der Waals surface area contributed by atoms with Gasteiger partial charge in [-0.05, 0) is 0 Å². The van der Waals surface area contributed by atoms with Crippen molar-refractivity contribution in [2.75, 3.05) is 0 Å². The van der Waals surface area contributed by atoms with Gasteiger partial charge in [0.2, 0.25) is 0 Å². The standard InChI is InChI=1S/C22H28N2O2Se2/c1-21(2,3)23-19(25)15-7-11-17(12-8-15)27-28-18-13-9-16(10-14-18)20(26)24-22(4,5)6/h7-14H,1-6H3,(H,23,25)(H,24,26). The Balaban J connectivity index is 1.92. The van der Waals surface area contributed by atoms with Gasteiger partial charge in [-0.1, -0.05) is 0 Å². The zero-order chi connectivity index (χ0) is 20.9. The van der Waals surface area contributed by atoms with Crippen LogP contribution in [0, 0.1) is 0 Å². The van der Waals surface area contributed by atoms with Crippen molar-refractivity contribution in [1.29, 1.82) is 0 Å². The van der Waals surface area contributed by atoms with Gasteiger partial charge in [-0.2, -0.15) is 0 Å².